The van der Waals surface area contributed by atoms with E-state index in [1.165, 1.54) is 4.57 Å². The Morgan fingerprint density at radius 1 is 1.28 bits per heavy atom. The molecule has 1 aliphatic carbocycles. The number of nitrogens with zero attached hydrogens (tertiary/aromatic N) is 2. The maximum absolute atomic E-state index is 13.7. The Hall–Kier alpha value is -1.63. The van der Waals surface area contributed by atoms with Crippen LogP contribution in [0, 0.1) is 22.2 Å². The second-order valence-corrected chi connectivity index (χ2v) is 4.60. The van der Waals surface area contributed by atoms with Gasteiger partial charge < -0.3 is 0 Å². The predicted octanol–water partition coefficient (Wildman–Crippen LogP) is 3.22. The van der Waals surface area contributed by atoms with Crippen molar-refractivity contribution >= 4 is 12.2 Å². The molecule has 3 rings (SSSR count). The quantitative estimate of drug-likeness (QED) is 0.672. The standard InChI is InChI=1S/C11H8F3N3S/c12-6-3-7(13)9(14)8(4-6)17-10(5-1-2-5)15-16-11(17)18/h3-5H,1-2H2,(H,16,18). The summed E-state index contributed by atoms with van der Waals surface area (Å²) < 4.78 is 41.5. The Morgan fingerprint density at radius 2 is 2.00 bits per heavy atom. The van der Waals surface area contributed by atoms with Gasteiger partial charge in [-0.2, -0.15) is 5.10 Å². The summed E-state index contributed by atoms with van der Waals surface area (Å²) in [7, 11) is 0. The van der Waals surface area contributed by atoms with Gasteiger partial charge in [-0.05, 0) is 25.1 Å². The van der Waals surface area contributed by atoms with Gasteiger partial charge in [0.15, 0.2) is 16.4 Å². The molecule has 0 aliphatic heterocycles. The van der Waals surface area contributed by atoms with Crippen molar-refractivity contribution in [3.05, 3.63) is 40.2 Å². The molecule has 1 N–H and O–H groups in total. The Morgan fingerprint density at radius 3 is 2.67 bits per heavy atom. The van der Waals surface area contributed by atoms with E-state index in [-0.39, 0.29) is 16.4 Å². The lowest BCUT2D eigenvalue weighted by Gasteiger charge is -2.08. The first-order valence-electron chi connectivity index (χ1n) is 5.40. The van der Waals surface area contributed by atoms with E-state index in [4.69, 9.17) is 12.2 Å². The van der Waals surface area contributed by atoms with E-state index in [2.05, 4.69) is 10.2 Å². The lowest BCUT2D eigenvalue weighted by molar-refractivity contribution is 0.489. The average molecular weight is 271 g/mol. The van der Waals surface area contributed by atoms with Crippen LogP contribution in [0.15, 0.2) is 12.1 Å². The summed E-state index contributed by atoms with van der Waals surface area (Å²) in [6, 6.07) is 1.41. The number of aromatic nitrogens is 3. The molecule has 18 heavy (non-hydrogen) atoms. The van der Waals surface area contributed by atoms with Gasteiger partial charge in [0.1, 0.15) is 11.6 Å². The highest BCUT2D eigenvalue weighted by atomic mass is 32.1. The zero-order valence-corrected chi connectivity index (χ0v) is 9.90. The third-order valence-corrected chi connectivity index (χ3v) is 3.13. The van der Waals surface area contributed by atoms with Crippen LogP contribution >= 0.6 is 12.2 Å². The molecule has 0 saturated heterocycles. The van der Waals surface area contributed by atoms with Crippen LogP contribution in [-0.2, 0) is 0 Å². The van der Waals surface area contributed by atoms with Gasteiger partial charge >= 0.3 is 0 Å². The summed E-state index contributed by atoms with van der Waals surface area (Å²) in [5.74, 6) is -2.54. The van der Waals surface area contributed by atoms with Gasteiger partial charge in [-0.3, -0.25) is 9.67 Å². The molecule has 0 amide bonds. The second kappa shape index (κ2) is 3.94. The fourth-order valence-electron chi connectivity index (χ4n) is 1.86. The minimum Gasteiger partial charge on any atom is -0.269 e. The van der Waals surface area contributed by atoms with Crippen molar-refractivity contribution in [3.8, 4) is 5.69 Å². The average Bonchev–Trinajstić information content (AvgIpc) is 3.08. The molecule has 3 nitrogen and oxygen atoms in total. The number of nitrogens with one attached hydrogen (secondary N) is 1. The van der Waals surface area contributed by atoms with Crippen LogP contribution in [0.25, 0.3) is 5.69 Å². The maximum Gasteiger partial charge on any atom is 0.199 e. The first-order valence-corrected chi connectivity index (χ1v) is 5.81. The molecule has 1 fully saturated rings. The van der Waals surface area contributed by atoms with Crippen molar-refractivity contribution < 1.29 is 13.2 Å². The Labute approximate surface area is 105 Å². The first kappa shape index (κ1) is 11.5. The zero-order chi connectivity index (χ0) is 12.9. The van der Waals surface area contributed by atoms with E-state index in [9.17, 15) is 13.2 Å². The molecule has 1 saturated carbocycles. The van der Waals surface area contributed by atoms with Crippen molar-refractivity contribution in [3.63, 3.8) is 0 Å². The number of H-pyrrole nitrogens is 1. The molecule has 0 atom stereocenters. The lowest BCUT2D eigenvalue weighted by atomic mass is 10.2. The van der Waals surface area contributed by atoms with Crippen LogP contribution in [-0.4, -0.2) is 14.8 Å². The molecule has 0 radical (unpaired) electrons. The Balaban J connectivity index is 2.26. The summed E-state index contributed by atoms with van der Waals surface area (Å²) in [6.45, 7) is 0. The lowest BCUT2D eigenvalue weighted by Crippen LogP contribution is -2.05. The van der Waals surface area contributed by atoms with Crippen molar-refractivity contribution in [2.75, 3.05) is 0 Å². The van der Waals surface area contributed by atoms with Crippen LogP contribution < -0.4 is 0 Å². The SMILES string of the molecule is Fc1cc(F)c(F)c(-n2c(C3CC3)n[nH]c2=S)c1. The van der Waals surface area contributed by atoms with E-state index in [1.807, 2.05) is 0 Å². The molecular weight excluding hydrogens is 263 g/mol. The third kappa shape index (κ3) is 1.74. The number of aromatic amines is 1. The van der Waals surface area contributed by atoms with Crippen LogP contribution in [0.2, 0.25) is 0 Å². The van der Waals surface area contributed by atoms with Gasteiger partial charge in [0, 0.05) is 18.1 Å². The minimum atomic E-state index is -1.24. The van der Waals surface area contributed by atoms with Crippen molar-refractivity contribution in [1.82, 2.24) is 14.8 Å². The highest BCUT2D eigenvalue weighted by molar-refractivity contribution is 7.71. The van der Waals surface area contributed by atoms with Crippen LogP contribution in [0.1, 0.15) is 24.6 Å². The van der Waals surface area contributed by atoms with E-state index in [1.54, 1.807) is 0 Å². The summed E-state index contributed by atoms with van der Waals surface area (Å²) in [4.78, 5) is 0. The fourth-order valence-corrected chi connectivity index (χ4v) is 2.10. The summed E-state index contributed by atoms with van der Waals surface area (Å²) in [6.07, 6.45) is 1.83. The number of benzene rings is 1. The summed E-state index contributed by atoms with van der Waals surface area (Å²) in [5, 5.41) is 6.52. The number of rotatable bonds is 2. The molecule has 2 aromatic rings. The Bertz CT molecular complexity index is 673. The van der Waals surface area contributed by atoms with Gasteiger partial charge in [-0.25, -0.2) is 13.2 Å². The topological polar surface area (TPSA) is 33.6 Å². The third-order valence-electron chi connectivity index (χ3n) is 2.86. The molecule has 1 aromatic carbocycles. The summed E-state index contributed by atoms with van der Waals surface area (Å²) in [5.41, 5.74) is -0.242. The van der Waals surface area contributed by atoms with Gasteiger partial charge in [0.05, 0.1) is 5.69 Å². The van der Waals surface area contributed by atoms with E-state index < -0.39 is 17.5 Å². The van der Waals surface area contributed by atoms with Crippen molar-refractivity contribution in [2.45, 2.75) is 18.8 Å². The zero-order valence-electron chi connectivity index (χ0n) is 9.08. The monoisotopic (exact) mass is 271 g/mol. The van der Waals surface area contributed by atoms with Gasteiger partial charge in [-0.15, -0.1) is 0 Å². The molecule has 1 heterocycles. The molecule has 1 aliphatic rings. The molecule has 7 heteroatoms. The normalized spacial score (nSPS) is 15.1. The molecule has 0 spiro atoms. The van der Waals surface area contributed by atoms with Crippen LogP contribution in [0.5, 0.6) is 0 Å². The molecule has 0 bridgehead atoms. The number of hydrogen-bond acceptors (Lipinski definition) is 2. The number of hydrogen-bond donors (Lipinski definition) is 1. The maximum atomic E-state index is 13.7. The number of halogens is 3. The van der Waals surface area contributed by atoms with Gasteiger partial charge in [0.2, 0.25) is 0 Å². The largest absolute Gasteiger partial charge is 0.269 e. The smallest absolute Gasteiger partial charge is 0.199 e. The van der Waals surface area contributed by atoms with Crippen molar-refractivity contribution in [1.29, 1.82) is 0 Å². The fraction of sp³-hybridized carbons (Fsp3) is 0.273. The second-order valence-electron chi connectivity index (χ2n) is 4.22. The van der Waals surface area contributed by atoms with E-state index >= 15 is 0 Å². The first-order chi connectivity index (χ1) is 8.58. The Kier molecular flexibility index (Phi) is 2.51. The van der Waals surface area contributed by atoms with Gasteiger partial charge in [0.25, 0.3) is 0 Å². The molecule has 0 unspecified atom stereocenters. The predicted molar refractivity (Wildman–Crippen MR) is 60.6 cm³/mol. The van der Waals surface area contributed by atoms with Crippen LogP contribution in [0.3, 0.4) is 0 Å². The van der Waals surface area contributed by atoms with Crippen LogP contribution in [0.4, 0.5) is 13.2 Å². The van der Waals surface area contributed by atoms with Gasteiger partial charge in [-0.1, -0.05) is 0 Å². The van der Waals surface area contributed by atoms with E-state index in [0.29, 0.717) is 11.9 Å². The minimum absolute atomic E-state index is 0.126. The molecular formula is C11H8F3N3S. The molecule has 1 aromatic heterocycles. The highest BCUT2D eigenvalue weighted by Gasteiger charge is 2.30. The summed E-state index contributed by atoms with van der Waals surface area (Å²) >= 11 is 4.98. The molecule has 94 valence electrons. The van der Waals surface area contributed by atoms with E-state index in [0.717, 1.165) is 18.9 Å². The highest BCUT2D eigenvalue weighted by Crippen LogP contribution is 2.40. The van der Waals surface area contributed by atoms with Crippen molar-refractivity contribution in [2.24, 2.45) is 0 Å².